The van der Waals surface area contributed by atoms with Gasteiger partial charge < -0.3 is 10.6 Å². The number of amides is 2. The van der Waals surface area contributed by atoms with Crippen LogP contribution in [0.1, 0.15) is 22.8 Å². The largest absolute Gasteiger partial charge is 0.323 e. The van der Waals surface area contributed by atoms with Gasteiger partial charge in [-0.25, -0.2) is 4.79 Å². The van der Waals surface area contributed by atoms with E-state index in [2.05, 4.69) is 15.6 Å². The maximum atomic E-state index is 11.8. The van der Waals surface area contributed by atoms with E-state index in [1.54, 1.807) is 36.7 Å². The van der Waals surface area contributed by atoms with Crippen LogP contribution in [0.2, 0.25) is 0 Å². The molecule has 20 heavy (non-hydrogen) atoms. The van der Waals surface area contributed by atoms with Gasteiger partial charge in [0.2, 0.25) is 0 Å². The van der Waals surface area contributed by atoms with Crippen LogP contribution in [-0.4, -0.2) is 16.8 Å². The molecule has 0 bridgehead atoms. The minimum absolute atomic E-state index is 0.00742. The Hall–Kier alpha value is -2.69. The van der Waals surface area contributed by atoms with E-state index in [4.69, 9.17) is 0 Å². The summed E-state index contributed by atoms with van der Waals surface area (Å²) in [5.74, 6) is -0.00742. The van der Waals surface area contributed by atoms with Gasteiger partial charge in [0, 0.05) is 17.4 Å². The van der Waals surface area contributed by atoms with E-state index in [1.807, 2.05) is 13.0 Å². The van der Waals surface area contributed by atoms with Gasteiger partial charge in [-0.2, -0.15) is 0 Å². The first-order chi connectivity index (χ1) is 9.56. The van der Waals surface area contributed by atoms with Crippen LogP contribution in [0.5, 0.6) is 0 Å². The molecule has 1 aromatic carbocycles. The van der Waals surface area contributed by atoms with Crippen molar-refractivity contribution in [1.29, 1.82) is 0 Å². The standard InChI is InChI=1S/C15H15N3O2/c1-10-7-8-16-9-14(10)18-15(20)17-13-5-3-12(4-6-13)11(2)19/h3-9H,1-2H3,(H2,17,18,20). The van der Waals surface area contributed by atoms with Gasteiger partial charge in [-0.15, -0.1) is 0 Å². The summed E-state index contributed by atoms with van der Waals surface area (Å²) in [6.07, 6.45) is 3.26. The third-order valence-electron chi connectivity index (χ3n) is 2.84. The van der Waals surface area contributed by atoms with Crippen molar-refractivity contribution >= 4 is 23.2 Å². The van der Waals surface area contributed by atoms with Gasteiger partial charge in [0.1, 0.15) is 0 Å². The first kappa shape index (κ1) is 13.7. The monoisotopic (exact) mass is 269 g/mol. The fourth-order valence-electron chi connectivity index (χ4n) is 1.67. The second-order valence-corrected chi connectivity index (χ2v) is 4.40. The average Bonchev–Trinajstić information content (AvgIpc) is 2.42. The number of carbonyl (C=O) groups excluding carboxylic acids is 2. The summed E-state index contributed by atoms with van der Waals surface area (Å²) in [5, 5.41) is 5.41. The molecule has 0 aliphatic rings. The van der Waals surface area contributed by atoms with Crippen molar-refractivity contribution < 1.29 is 9.59 Å². The second kappa shape index (κ2) is 5.97. The maximum absolute atomic E-state index is 11.8. The summed E-state index contributed by atoms with van der Waals surface area (Å²) < 4.78 is 0. The number of urea groups is 1. The summed E-state index contributed by atoms with van der Waals surface area (Å²) in [5.41, 5.74) is 2.82. The predicted octanol–water partition coefficient (Wildman–Crippen LogP) is 3.24. The van der Waals surface area contributed by atoms with Crippen molar-refractivity contribution in [1.82, 2.24) is 4.98 Å². The van der Waals surface area contributed by atoms with Gasteiger partial charge in [0.05, 0.1) is 11.9 Å². The molecule has 0 aliphatic carbocycles. The van der Waals surface area contributed by atoms with Gasteiger partial charge in [-0.05, 0) is 49.7 Å². The molecule has 0 atom stereocenters. The normalized spacial score (nSPS) is 9.90. The van der Waals surface area contributed by atoms with Crippen molar-refractivity contribution in [3.8, 4) is 0 Å². The van der Waals surface area contributed by atoms with E-state index >= 15 is 0 Å². The van der Waals surface area contributed by atoms with Gasteiger partial charge >= 0.3 is 6.03 Å². The van der Waals surface area contributed by atoms with Gasteiger partial charge in [0.15, 0.2) is 5.78 Å². The molecule has 0 unspecified atom stereocenters. The number of nitrogens with zero attached hydrogens (tertiary/aromatic N) is 1. The summed E-state index contributed by atoms with van der Waals surface area (Å²) in [4.78, 5) is 26.9. The van der Waals surface area contributed by atoms with E-state index in [-0.39, 0.29) is 11.8 Å². The predicted molar refractivity (Wildman–Crippen MR) is 78.1 cm³/mol. The topological polar surface area (TPSA) is 71.1 Å². The number of hydrogen-bond donors (Lipinski definition) is 2. The lowest BCUT2D eigenvalue weighted by Gasteiger charge is -2.09. The molecule has 0 spiro atoms. The third kappa shape index (κ3) is 3.41. The highest BCUT2D eigenvalue weighted by atomic mass is 16.2. The van der Waals surface area contributed by atoms with Crippen molar-refractivity contribution in [2.24, 2.45) is 0 Å². The molecule has 5 nitrogen and oxygen atoms in total. The third-order valence-corrected chi connectivity index (χ3v) is 2.84. The summed E-state index contributed by atoms with van der Waals surface area (Å²) in [6.45, 7) is 3.39. The van der Waals surface area contributed by atoms with Crippen LogP contribution in [0.15, 0.2) is 42.7 Å². The molecule has 0 radical (unpaired) electrons. The zero-order chi connectivity index (χ0) is 14.5. The lowest BCUT2D eigenvalue weighted by molar-refractivity contribution is 0.101. The van der Waals surface area contributed by atoms with Crippen molar-refractivity contribution in [3.63, 3.8) is 0 Å². The maximum Gasteiger partial charge on any atom is 0.323 e. The summed E-state index contributed by atoms with van der Waals surface area (Å²) >= 11 is 0. The van der Waals surface area contributed by atoms with E-state index in [9.17, 15) is 9.59 Å². The minimum atomic E-state index is -0.350. The Balaban J connectivity index is 2.01. The summed E-state index contributed by atoms with van der Waals surface area (Å²) in [7, 11) is 0. The molecule has 1 heterocycles. The molecule has 2 rings (SSSR count). The lowest BCUT2D eigenvalue weighted by Crippen LogP contribution is -2.20. The number of carbonyl (C=O) groups is 2. The quantitative estimate of drug-likeness (QED) is 0.840. The highest BCUT2D eigenvalue weighted by molar-refractivity contribution is 6.00. The molecule has 0 saturated heterocycles. The molecule has 102 valence electrons. The van der Waals surface area contributed by atoms with E-state index in [0.717, 1.165) is 5.56 Å². The molecule has 0 fully saturated rings. The van der Waals surface area contributed by atoms with E-state index < -0.39 is 0 Å². The SMILES string of the molecule is CC(=O)c1ccc(NC(=O)Nc2cnccc2C)cc1. The number of Topliss-reactive ketones (excluding diaryl/α,β-unsaturated/α-hetero) is 1. The van der Waals surface area contributed by atoms with Crippen LogP contribution in [0.3, 0.4) is 0 Å². The molecule has 1 aromatic heterocycles. The fraction of sp³-hybridized carbons (Fsp3) is 0.133. The number of rotatable bonds is 3. The Labute approximate surface area is 117 Å². The lowest BCUT2D eigenvalue weighted by atomic mass is 10.1. The molecule has 2 amide bonds. The molecule has 2 N–H and O–H groups in total. The first-order valence-electron chi connectivity index (χ1n) is 6.16. The summed E-state index contributed by atoms with van der Waals surface area (Å²) in [6, 6.07) is 8.19. The molecule has 2 aromatic rings. The number of aryl methyl sites for hydroxylation is 1. The highest BCUT2D eigenvalue weighted by Crippen LogP contribution is 2.13. The van der Waals surface area contributed by atoms with Crippen LogP contribution in [0, 0.1) is 6.92 Å². The Morgan fingerprint density at radius 1 is 1.05 bits per heavy atom. The smallest absolute Gasteiger partial charge is 0.308 e. The van der Waals surface area contributed by atoms with Crippen LogP contribution in [0.25, 0.3) is 0 Å². The van der Waals surface area contributed by atoms with E-state index in [1.165, 1.54) is 6.92 Å². The number of pyridine rings is 1. The number of ketones is 1. The van der Waals surface area contributed by atoms with Crippen LogP contribution in [-0.2, 0) is 0 Å². The van der Waals surface area contributed by atoms with Gasteiger partial charge in [-0.1, -0.05) is 0 Å². The Bertz CT molecular complexity index is 636. The Kier molecular flexibility index (Phi) is 4.10. The molecular weight excluding hydrogens is 254 g/mol. The van der Waals surface area contributed by atoms with Crippen LogP contribution in [0.4, 0.5) is 16.2 Å². The molecule has 0 aliphatic heterocycles. The Morgan fingerprint density at radius 2 is 1.75 bits per heavy atom. The second-order valence-electron chi connectivity index (χ2n) is 4.40. The Morgan fingerprint density at radius 3 is 2.35 bits per heavy atom. The van der Waals surface area contributed by atoms with Crippen molar-refractivity contribution in [3.05, 3.63) is 53.9 Å². The number of hydrogen-bond acceptors (Lipinski definition) is 3. The van der Waals surface area contributed by atoms with Crippen LogP contribution >= 0.6 is 0 Å². The number of aromatic nitrogens is 1. The fourth-order valence-corrected chi connectivity index (χ4v) is 1.67. The van der Waals surface area contributed by atoms with Crippen LogP contribution < -0.4 is 10.6 Å². The molecule has 5 heteroatoms. The molecular formula is C15H15N3O2. The number of anilines is 2. The zero-order valence-electron chi connectivity index (χ0n) is 11.3. The molecule has 0 saturated carbocycles. The first-order valence-corrected chi connectivity index (χ1v) is 6.16. The average molecular weight is 269 g/mol. The van der Waals surface area contributed by atoms with E-state index in [0.29, 0.717) is 16.9 Å². The van der Waals surface area contributed by atoms with Gasteiger partial charge in [-0.3, -0.25) is 9.78 Å². The van der Waals surface area contributed by atoms with Gasteiger partial charge in [0.25, 0.3) is 0 Å². The van der Waals surface area contributed by atoms with Crippen molar-refractivity contribution in [2.75, 3.05) is 10.6 Å². The minimum Gasteiger partial charge on any atom is -0.308 e. The number of benzene rings is 1. The highest BCUT2D eigenvalue weighted by Gasteiger charge is 2.05. The van der Waals surface area contributed by atoms with Crippen molar-refractivity contribution in [2.45, 2.75) is 13.8 Å². The zero-order valence-corrected chi connectivity index (χ0v) is 11.3. The number of nitrogens with one attached hydrogen (secondary N) is 2.